The minimum atomic E-state index is -0.309. The maximum absolute atomic E-state index is 9.49. The molecule has 0 amide bonds. The number of aromatic nitrogens is 2. The summed E-state index contributed by atoms with van der Waals surface area (Å²) in [6.45, 7) is 0. The molecule has 0 saturated heterocycles. The monoisotopic (exact) mass is 230 g/mol. The lowest BCUT2D eigenvalue weighted by Gasteiger charge is -2.36. The van der Waals surface area contributed by atoms with Crippen molar-refractivity contribution in [2.24, 2.45) is 0 Å². The highest BCUT2D eigenvalue weighted by atomic mass is 15.3. The van der Waals surface area contributed by atoms with Gasteiger partial charge in [0.05, 0.1) is 12.1 Å². The number of nitriles is 1. The minimum Gasteiger partial charge on any atom is -0.297 e. The predicted octanol–water partition coefficient (Wildman–Crippen LogP) is 2.01. The third kappa shape index (κ3) is 2.20. The molecule has 2 saturated carbocycles. The Hall–Kier alpha value is -1.34. The molecule has 0 bridgehead atoms. The van der Waals surface area contributed by atoms with Crippen LogP contribution in [0.15, 0.2) is 18.5 Å². The van der Waals surface area contributed by atoms with E-state index in [0.29, 0.717) is 12.1 Å². The normalized spacial score (nSPS) is 33.2. The molecule has 1 aromatic heterocycles. The van der Waals surface area contributed by atoms with Crippen molar-refractivity contribution >= 4 is 0 Å². The molecule has 3 rings (SSSR count). The maximum Gasteiger partial charge on any atom is 0.109 e. The zero-order valence-electron chi connectivity index (χ0n) is 9.97. The van der Waals surface area contributed by atoms with Gasteiger partial charge in [-0.1, -0.05) is 0 Å². The molecule has 0 radical (unpaired) electrons. The topological polar surface area (TPSA) is 53.6 Å². The zero-order chi connectivity index (χ0) is 11.7. The number of hydrogen-bond acceptors (Lipinski definition) is 3. The first-order chi connectivity index (χ1) is 8.31. The number of rotatable bonds is 3. The van der Waals surface area contributed by atoms with E-state index in [1.54, 1.807) is 0 Å². The summed E-state index contributed by atoms with van der Waals surface area (Å²) in [5.41, 5.74) is -0.309. The standard InChI is InChI=1S/C13H18N4/c14-10-13(16-11-4-5-11)6-1-3-12(9-13)17-8-2-7-15-17/h2,7-8,11-12,16H,1,3-6,9H2. The van der Waals surface area contributed by atoms with E-state index < -0.39 is 0 Å². The van der Waals surface area contributed by atoms with Crippen LogP contribution in [0.25, 0.3) is 0 Å². The molecule has 2 aliphatic rings. The van der Waals surface area contributed by atoms with E-state index in [0.717, 1.165) is 25.7 Å². The second-order valence-electron chi connectivity index (χ2n) is 5.35. The molecular formula is C13H18N4. The van der Waals surface area contributed by atoms with E-state index in [9.17, 15) is 5.26 Å². The highest BCUT2D eigenvalue weighted by Crippen LogP contribution is 2.37. The van der Waals surface area contributed by atoms with Crippen LogP contribution in [-0.2, 0) is 0 Å². The molecule has 2 atom stereocenters. The van der Waals surface area contributed by atoms with Gasteiger partial charge in [-0.05, 0) is 38.2 Å². The van der Waals surface area contributed by atoms with Crippen molar-refractivity contribution in [2.75, 3.05) is 0 Å². The summed E-state index contributed by atoms with van der Waals surface area (Å²) in [5.74, 6) is 0. The van der Waals surface area contributed by atoms with E-state index >= 15 is 0 Å². The van der Waals surface area contributed by atoms with Gasteiger partial charge in [-0.25, -0.2) is 0 Å². The molecule has 0 aliphatic heterocycles. The number of hydrogen-bond donors (Lipinski definition) is 1. The van der Waals surface area contributed by atoms with Gasteiger partial charge in [0.1, 0.15) is 5.54 Å². The highest BCUT2D eigenvalue weighted by Gasteiger charge is 2.41. The molecule has 4 nitrogen and oxygen atoms in total. The Kier molecular flexibility index (Phi) is 2.64. The van der Waals surface area contributed by atoms with Crippen LogP contribution in [-0.4, -0.2) is 21.4 Å². The Morgan fingerprint density at radius 2 is 2.29 bits per heavy atom. The molecular weight excluding hydrogens is 212 g/mol. The van der Waals surface area contributed by atoms with Crippen LogP contribution in [0, 0.1) is 11.3 Å². The summed E-state index contributed by atoms with van der Waals surface area (Å²) in [4.78, 5) is 0. The fourth-order valence-corrected chi connectivity index (χ4v) is 2.85. The molecule has 1 heterocycles. The maximum atomic E-state index is 9.49. The van der Waals surface area contributed by atoms with Crippen molar-refractivity contribution in [3.05, 3.63) is 18.5 Å². The Morgan fingerprint density at radius 3 is 2.94 bits per heavy atom. The lowest BCUT2D eigenvalue weighted by Crippen LogP contribution is -2.49. The Bertz CT molecular complexity index is 415. The second kappa shape index (κ2) is 4.15. The fraction of sp³-hybridized carbons (Fsp3) is 0.692. The van der Waals surface area contributed by atoms with Crippen molar-refractivity contribution in [1.29, 1.82) is 5.26 Å². The van der Waals surface area contributed by atoms with Gasteiger partial charge in [0.15, 0.2) is 0 Å². The van der Waals surface area contributed by atoms with Crippen molar-refractivity contribution in [1.82, 2.24) is 15.1 Å². The van der Waals surface area contributed by atoms with Crippen LogP contribution in [0.2, 0.25) is 0 Å². The smallest absolute Gasteiger partial charge is 0.109 e. The van der Waals surface area contributed by atoms with Crippen molar-refractivity contribution in [3.8, 4) is 6.07 Å². The van der Waals surface area contributed by atoms with Crippen molar-refractivity contribution in [2.45, 2.75) is 56.1 Å². The molecule has 0 aromatic carbocycles. The average molecular weight is 230 g/mol. The molecule has 4 heteroatoms. The van der Waals surface area contributed by atoms with Crippen LogP contribution < -0.4 is 5.32 Å². The molecule has 2 fully saturated rings. The third-order valence-corrected chi connectivity index (χ3v) is 3.90. The van der Waals surface area contributed by atoms with E-state index in [4.69, 9.17) is 0 Å². The summed E-state index contributed by atoms with van der Waals surface area (Å²) in [6.07, 6.45) is 10.4. The first-order valence-corrected chi connectivity index (χ1v) is 6.49. The molecule has 0 spiro atoms. The fourth-order valence-electron chi connectivity index (χ4n) is 2.85. The van der Waals surface area contributed by atoms with E-state index in [1.165, 1.54) is 12.8 Å². The summed E-state index contributed by atoms with van der Waals surface area (Å²) in [7, 11) is 0. The first-order valence-electron chi connectivity index (χ1n) is 6.49. The van der Waals surface area contributed by atoms with Gasteiger partial charge >= 0.3 is 0 Å². The zero-order valence-corrected chi connectivity index (χ0v) is 9.97. The van der Waals surface area contributed by atoms with Gasteiger partial charge < -0.3 is 0 Å². The Morgan fingerprint density at radius 1 is 1.41 bits per heavy atom. The highest BCUT2D eigenvalue weighted by molar-refractivity contribution is 5.13. The third-order valence-electron chi connectivity index (χ3n) is 3.90. The minimum absolute atomic E-state index is 0.309. The van der Waals surface area contributed by atoms with Crippen LogP contribution in [0.5, 0.6) is 0 Å². The van der Waals surface area contributed by atoms with E-state index in [-0.39, 0.29) is 5.54 Å². The van der Waals surface area contributed by atoms with Crippen LogP contribution in [0.1, 0.15) is 44.6 Å². The van der Waals surface area contributed by atoms with Gasteiger partial charge in [-0.2, -0.15) is 10.4 Å². The summed E-state index contributed by atoms with van der Waals surface area (Å²) >= 11 is 0. The number of nitrogens with one attached hydrogen (secondary N) is 1. The SMILES string of the molecule is N#CC1(NC2CC2)CCCC(n2cccn2)C1. The van der Waals surface area contributed by atoms with Crippen LogP contribution in [0.4, 0.5) is 0 Å². The van der Waals surface area contributed by atoms with Crippen LogP contribution in [0.3, 0.4) is 0 Å². The van der Waals surface area contributed by atoms with Gasteiger partial charge in [0.2, 0.25) is 0 Å². The predicted molar refractivity (Wildman–Crippen MR) is 64.2 cm³/mol. The average Bonchev–Trinajstić information content (AvgIpc) is 2.99. The molecule has 17 heavy (non-hydrogen) atoms. The van der Waals surface area contributed by atoms with Gasteiger partial charge in [0.25, 0.3) is 0 Å². The largest absolute Gasteiger partial charge is 0.297 e. The lowest BCUT2D eigenvalue weighted by atomic mass is 9.80. The summed E-state index contributed by atoms with van der Waals surface area (Å²) < 4.78 is 2.01. The molecule has 2 unspecified atom stereocenters. The summed E-state index contributed by atoms with van der Waals surface area (Å²) in [5, 5.41) is 17.4. The molecule has 2 aliphatic carbocycles. The number of nitrogens with zero attached hydrogens (tertiary/aromatic N) is 3. The molecule has 1 aromatic rings. The van der Waals surface area contributed by atoms with Crippen molar-refractivity contribution in [3.63, 3.8) is 0 Å². The van der Waals surface area contributed by atoms with Gasteiger partial charge in [-0.3, -0.25) is 10.00 Å². The Labute approximate surface area is 102 Å². The first kappa shape index (κ1) is 10.8. The van der Waals surface area contributed by atoms with Crippen molar-refractivity contribution < 1.29 is 0 Å². The lowest BCUT2D eigenvalue weighted by molar-refractivity contribution is 0.218. The molecule has 1 N–H and O–H groups in total. The van der Waals surface area contributed by atoms with E-state index in [1.807, 2.05) is 23.1 Å². The molecule has 90 valence electrons. The van der Waals surface area contributed by atoms with Gasteiger partial charge in [-0.15, -0.1) is 0 Å². The van der Waals surface area contributed by atoms with Gasteiger partial charge in [0, 0.05) is 24.9 Å². The summed E-state index contributed by atoms with van der Waals surface area (Å²) in [6, 6.07) is 5.45. The Balaban J connectivity index is 1.75. The second-order valence-corrected chi connectivity index (χ2v) is 5.35. The van der Waals surface area contributed by atoms with E-state index in [2.05, 4.69) is 16.5 Å². The quantitative estimate of drug-likeness (QED) is 0.864. The van der Waals surface area contributed by atoms with Crippen LogP contribution >= 0.6 is 0 Å².